The zero-order chi connectivity index (χ0) is 25.2. The van der Waals surface area contributed by atoms with E-state index in [1.165, 1.54) is 10.5 Å². The molecule has 0 bridgehead atoms. The van der Waals surface area contributed by atoms with E-state index in [0.717, 1.165) is 12.2 Å². The van der Waals surface area contributed by atoms with Crippen LogP contribution in [-0.2, 0) is 16.0 Å². The van der Waals surface area contributed by atoms with Crippen molar-refractivity contribution in [1.82, 2.24) is 5.32 Å². The molecule has 0 spiro atoms. The summed E-state index contributed by atoms with van der Waals surface area (Å²) in [6.45, 7) is 2.14. The van der Waals surface area contributed by atoms with Crippen LogP contribution in [0.1, 0.15) is 18.9 Å². The van der Waals surface area contributed by atoms with Gasteiger partial charge in [0.1, 0.15) is 17.5 Å². The summed E-state index contributed by atoms with van der Waals surface area (Å²) in [6, 6.07) is 23.5. The van der Waals surface area contributed by atoms with Gasteiger partial charge >= 0.3 is 0 Å². The van der Waals surface area contributed by atoms with Crippen LogP contribution in [0.4, 0.5) is 11.4 Å². The van der Waals surface area contributed by atoms with Crippen LogP contribution in [0.15, 0.2) is 78.9 Å². The number of hydrogen-bond acceptors (Lipinski definition) is 5. The molecule has 1 atom stereocenters. The van der Waals surface area contributed by atoms with Crippen LogP contribution >= 0.6 is 12.2 Å². The van der Waals surface area contributed by atoms with Crippen molar-refractivity contribution < 1.29 is 19.1 Å². The third-order valence-electron chi connectivity index (χ3n) is 5.36. The molecule has 1 fully saturated rings. The van der Waals surface area contributed by atoms with Crippen molar-refractivity contribution in [2.45, 2.75) is 25.8 Å². The molecule has 2 N–H and O–H groups in total. The Kier molecular flexibility index (Phi) is 9.20. The number of benzene rings is 3. The van der Waals surface area contributed by atoms with Gasteiger partial charge in [-0.2, -0.15) is 0 Å². The Morgan fingerprint density at radius 1 is 0.943 bits per heavy atom. The summed E-state index contributed by atoms with van der Waals surface area (Å²) in [4.78, 5) is 26.2. The number of nitrogens with zero attached hydrogens (tertiary/aromatic N) is 1. The molecule has 2 amide bonds. The molecule has 1 aliphatic heterocycles. The second-order valence-corrected chi connectivity index (χ2v) is 8.08. The maximum Gasteiger partial charge on any atom is 0.256 e. The number of carbonyl (C=O) groups is 2. The molecule has 182 valence electrons. The maximum atomic E-state index is 12.6. The summed E-state index contributed by atoms with van der Waals surface area (Å²) in [5.41, 5.74) is 2.67. The first kappa shape index (κ1) is 25.7. The highest BCUT2D eigenvalue weighted by Gasteiger charge is 2.37. The standard InChI is InChI=1S/C18H17N3O3S.C9H12O/c1-24-14-9-7-12(8-10-14)19-16(22)11-15-17(23)21(18(25)20-15)13-5-3-2-4-6-13;1-3-8-4-6-9(10-2)7-5-8/h2-10,15H,11H2,1H3,(H,19,22)(H,20,25);4-7H,3H2,1-2H3. The van der Waals surface area contributed by atoms with Crippen molar-refractivity contribution in [3.05, 3.63) is 84.4 Å². The number of rotatable bonds is 7. The Morgan fingerprint density at radius 3 is 2.06 bits per heavy atom. The average Bonchev–Trinajstić information content (AvgIpc) is 3.17. The number of hydrogen-bond donors (Lipinski definition) is 2. The van der Waals surface area contributed by atoms with Gasteiger partial charge in [0.05, 0.1) is 26.3 Å². The summed E-state index contributed by atoms with van der Waals surface area (Å²) in [5, 5.41) is 5.98. The topological polar surface area (TPSA) is 79.9 Å². The first-order valence-corrected chi connectivity index (χ1v) is 11.6. The highest BCUT2D eigenvalue weighted by Crippen LogP contribution is 2.21. The number of amides is 2. The third-order valence-corrected chi connectivity index (χ3v) is 5.66. The predicted molar refractivity (Wildman–Crippen MR) is 142 cm³/mol. The number of aryl methyl sites for hydroxylation is 1. The normalized spacial score (nSPS) is 14.5. The van der Waals surface area contributed by atoms with Crippen LogP contribution in [0.5, 0.6) is 11.5 Å². The van der Waals surface area contributed by atoms with Crippen LogP contribution in [-0.4, -0.2) is 37.2 Å². The first-order valence-electron chi connectivity index (χ1n) is 11.2. The summed E-state index contributed by atoms with van der Waals surface area (Å²) in [5.74, 6) is 1.13. The number of thiocarbonyl (C=S) groups is 1. The lowest BCUT2D eigenvalue weighted by atomic mass is 10.2. The summed E-state index contributed by atoms with van der Waals surface area (Å²) < 4.78 is 10.1. The molecule has 0 aliphatic carbocycles. The molecule has 0 saturated carbocycles. The Labute approximate surface area is 211 Å². The van der Waals surface area contributed by atoms with Crippen molar-refractivity contribution in [3.63, 3.8) is 0 Å². The lowest BCUT2D eigenvalue weighted by molar-refractivity contribution is -0.122. The van der Waals surface area contributed by atoms with E-state index in [9.17, 15) is 9.59 Å². The van der Waals surface area contributed by atoms with Gasteiger partial charge in [0.2, 0.25) is 5.91 Å². The lowest BCUT2D eigenvalue weighted by Crippen LogP contribution is -2.34. The Balaban J connectivity index is 0.000000287. The van der Waals surface area contributed by atoms with Crippen LogP contribution < -0.4 is 25.0 Å². The van der Waals surface area contributed by atoms with Gasteiger partial charge < -0.3 is 20.1 Å². The maximum absolute atomic E-state index is 12.6. The van der Waals surface area contributed by atoms with Crippen molar-refractivity contribution >= 4 is 40.5 Å². The van der Waals surface area contributed by atoms with Crippen LogP contribution in [0, 0.1) is 0 Å². The molecular weight excluding hydrogens is 462 g/mol. The number of para-hydroxylation sites is 1. The second-order valence-electron chi connectivity index (χ2n) is 7.69. The lowest BCUT2D eigenvalue weighted by Gasteiger charge is -2.14. The van der Waals surface area contributed by atoms with Gasteiger partial charge in [0, 0.05) is 5.69 Å². The molecule has 0 radical (unpaired) electrons. The number of carbonyl (C=O) groups excluding carboxylic acids is 2. The van der Waals surface area contributed by atoms with Gasteiger partial charge in [-0.3, -0.25) is 14.5 Å². The Morgan fingerprint density at radius 2 is 1.51 bits per heavy atom. The number of anilines is 2. The fourth-order valence-electron chi connectivity index (χ4n) is 3.42. The van der Waals surface area contributed by atoms with E-state index in [1.54, 1.807) is 50.6 Å². The van der Waals surface area contributed by atoms with E-state index in [2.05, 4.69) is 29.7 Å². The fourth-order valence-corrected chi connectivity index (χ4v) is 3.76. The predicted octanol–water partition coefficient (Wildman–Crippen LogP) is 4.57. The summed E-state index contributed by atoms with van der Waals surface area (Å²) in [7, 11) is 3.26. The highest BCUT2D eigenvalue weighted by molar-refractivity contribution is 7.80. The number of methoxy groups -OCH3 is 2. The molecule has 3 aromatic rings. The van der Waals surface area contributed by atoms with Gasteiger partial charge in [-0.1, -0.05) is 37.3 Å². The molecule has 1 saturated heterocycles. The zero-order valence-electron chi connectivity index (χ0n) is 20.0. The van der Waals surface area contributed by atoms with E-state index >= 15 is 0 Å². The molecule has 3 aromatic carbocycles. The van der Waals surface area contributed by atoms with Gasteiger partial charge in [0.15, 0.2) is 5.11 Å². The van der Waals surface area contributed by atoms with Crippen molar-refractivity contribution in [1.29, 1.82) is 0 Å². The molecule has 1 aliphatic rings. The summed E-state index contributed by atoms with van der Waals surface area (Å²) >= 11 is 5.24. The zero-order valence-corrected chi connectivity index (χ0v) is 20.8. The number of ether oxygens (including phenoxy) is 2. The minimum Gasteiger partial charge on any atom is -0.497 e. The van der Waals surface area contributed by atoms with Crippen molar-refractivity contribution in [2.24, 2.45) is 0 Å². The van der Waals surface area contributed by atoms with Crippen molar-refractivity contribution in [3.8, 4) is 11.5 Å². The molecule has 0 aromatic heterocycles. The minimum absolute atomic E-state index is 0.00562. The van der Waals surface area contributed by atoms with Gasteiger partial charge in [-0.25, -0.2) is 0 Å². The van der Waals surface area contributed by atoms with Gasteiger partial charge in [0.25, 0.3) is 5.91 Å². The van der Waals surface area contributed by atoms with E-state index in [0.29, 0.717) is 22.2 Å². The van der Waals surface area contributed by atoms with E-state index in [4.69, 9.17) is 21.7 Å². The fraction of sp³-hybridized carbons (Fsp3) is 0.222. The quantitative estimate of drug-likeness (QED) is 0.472. The van der Waals surface area contributed by atoms with E-state index < -0.39 is 6.04 Å². The van der Waals surface area contributed by atoms with Gasteiger partial charge in [-0.15, -0.1) is 0 Å². The SMILES string of the molecule is CCc1ccc(OC)cc1.COc1ccc(NC(=O)CC2NC(=S)N(c3ccccc3)C2=O)cc1. The molecule has 1 unspecified atom stereocenters. The summed E-state index contributed by atoms with van der Waals surface area (Å²) in [6.07, 6.45) is 1.08. The van der Waals surface area contributed by atoms with Crippen LogP contribution in [0.3, 0.4) is 0 Å². The van der Waals surface area contributed by atoms with Crippen LogP contribution in [0.25, 0.3) is 0 Å². The molecule has 8 heteroatoms. The second kappa shape index (κ2) is 12.5. The molecule has 35 heavy (non-hydrogen) atoms. The van der Waals surface area contributed by atoms with Crippen molar-refractivity contribution in [2.75, 3.05) is 24.4 Å². The Hall–Kier alpha value is -3.91. The highest BCUT2D eigenvalue weighted by atomic mass is 32.1. The Bertz CT molecular complexity index is 1110. The average molecular weight is 492 g/mol. The first-order chi connectivity index (χ1) is 16.9. The van der Waals surface area contributed by atoms with E-state index in [-0.39, 0.29) is 18.2 Å². The largest absolute Gasteiger partial charge is 0.497 e. The molecule has 7 nitrogen and oxygen atoms in total. The number of nitrogens with one attached hydrogen (secondary N) is 2. The van der Waals surface area contributed by atoms with Gasteiger partial charge in [-0.05, 0) is 72.7 Å². The monoisotopic (exact) mass is 491 g/mol. The van der Waals surface area contributed by atoms with Crippen LogP contribution in [0.2, 0.25) is 0 Å². The molecule has 4 rings (SSSR count). The van der Waals surface area contributed by atoms with E-state index in [1.807, 2.05) is 30.3 Å². The molecule has 1 heterocycles. The third kappa shape index (κ3) is 7.04. The minimum atomic E-state index is -0.675. The molecular formula is C27H29N3O4S. The smallest absolute Gasteiger partial charge is 0.256 e.